The maximum Gasteiger partial charge on any atom is 0.0778 e. The summed E-state index contributed by atoms with van der Waals surface area (Å²) in [7, 11) is 0. The first-order valence-electron chi connectivity index (χ1n) is 5.48. The lowest BCUT2D eigenvalue weighted by atomic mass is 9.96. The highest BCUT2D eigenvalue weighted by Gasteiger charge is 2.26. The van der Waals surface area contributed by atoms with Gasteiger partial charge in [0.15, 0.2) is 0 Å². The van der Waals surface area contributed by atoms with Crippen molar-refractivity contribution in [3.8, 4) is 6.07 Å². The first kappa shape index (κ1) is 11.5. The highest BCUT2D eigenvalue weighted by Crippen LogP contribution is 2.20. The van der Waals surface area contributed by atoms with Gasteiger partial charge in [-0.2, -0.15) is 5.26 Å². The van der Waals surface area contributed by atoms with Crippen molar-refractivity contribution >= 4 is 0 Å². The topological polar surface area (TPSA) is 45.0 Å². The molecule has 1 aliphatic rings. The lowest BCUT2D eigenvalue weighted by Crippen LogP contribution is -2.45. The lowest BCUT2D eigenvalue weighted by Gasteiger charge is -2.34. The maximum absolute atomic E-state index is 8.36. The number of hydrogen-bond acceptors (Lipinski definition) is 3. The van der Waals surface area contributed by atoms with Gasteiger partial charge in [-0.05, 0) is 39.2 Å². The Balaban J connectivity index is 2.07. The molecule has 1 unspecified atom stereocenters. The van der Waals surface area contributed by atoms with E-state index in [-0.39, 0.29) is 5.60 Å². The number of piperidine rings is 1. The average Bonchev–Trinajstić information content (AvgIpc) is 2.18. The summed E-state index contributed by atoms with van der Waals surface area (Å²) < 4.78 is 5.85. The number of nitriles is 1. The van der Waals surface area contributed by atoms with E-state index in [0.29, 0.717) is 6.42 Å². The van der Waals surface area contributed by atoms with Crippen LogP contribution in [-0.2, 0) is 4.74 Å². The Morgan fingerprint density at radius 1 is 1.50 bits per heavy atom. The van der Waals surface area contributed by atoms with E-state index in [1.165, 1.54) is 6.42 Å². The molecule has 0 aromatic carbocycles. The third kappa shape index (κ3) is 4.08. The molecule has 1 aliphatic heterocycles. The van der Waals surface area contributed by atoms with Crippen LogP contribution in [0.1, 0.15) is 39.0 Å². The van der Waals surface area contributed by atoms with E-state index < -0.39 is 0 Å². The van der Waals surface area contributed by atoms with Gasteiger partial charge in [-0.3, -0.25) is 0 Å². The molecule has 0 bridgehead atoms. The molecule has 3 heteroatoms. The van der Waals surface area contributed by atoms with Crippen molar-refractivity contribution in [2.75, 3.05) is 19.7 Å². The summed E-state index contributed by atoms with van der Waals surface area (Å²) >= 11 is 0. The van der Waals surface area contributed by atoms with Crippen LogP contribution in [0.25, 0.3) is 0 Å². The highest BCUT2D eigenvalue weighted by atomic mass is 16.5. The standard InChI is InChI=1S/C11H20N2O/c1-11(6-5-8-13-10-11)14-9-4-2-3-7-12/h13H,2-6,8-10H2,1H3. The van der Waals surface area contributed by atoms with Crippen LogP contribution < -0.4 is 5.32 Å². The number of ether oxygens (including phenoxy) is 1. The smallest absolute Gasteiger partial charge is 0.0778 e. The molecule has 0 amide bonds. The molecule has 0 radical (unpaired) electrons. The van der Waals surface area contributed by atoms with Gasteiger partial charge >= 0.3 is 0 Å². The molecule has 0 spiro atoms. The summed E-state index contributed by atoms with van der Waals surface area (Å²) in [4.78, 5) is 0. The molecule has 14 heavy (non-hydrogen) atoms. The fraction of sp³-hybridized carbons (Fsp3) is 0.909. The van der Waals surface area contributed by atoms with Gasteiger partial charge in [-0.15, -0.1) is 0 Å². The van der Waals surface area contributed by atoms with Gasteiger partial charge in [0.25, 0.3) is 0 Å². The van der Waals surface area contributed by atoms with Gasteiger partial charge in [-0.25, -0.2) is 0 Å². The Morgan fingerprint density at radius 3 is 3.00 bits per heavy atom. The molecule has 0 saturated carbocycles. The molecule has 1 fully saturated rings. The van der Waals surface area contributed by atoms with Crippen LogP contribution in [-0.4, -0.2) is 25.3 Å². The Hall–Kier alpha value is -0.590. The Kier molecular flexibility index (Phi) is 4.92. The van der Waals surface area contributed by atoms with Crippen LogP contribution in [0.15, 0.2) is 0 Å². The largest absolute Gasteiger partial charge is 0.374 e. The zero-order valence-corrected chi connectivity index (χ0v) is 9.01. The van der Waals surface area contributed by atoms with Crippen molar-refractivity contribution < 1.29 is 4.74 Å². The van der Waals surface area contributed by atoms with Gasteiger partial charge in [0, 0.05) is 19.6 Å². The minimum Gasteiger partial charge on any atom is -0.374 e. The normalized spacial score (nSPS) is 27.1. The van der Waals surface area contributed by atoms with Gasteiger partial charge in [0.2, 0.25) is 0 Å². The molecule has 80 valence electrons. The van der Waals surface area contributed by atoms with Gasteiger partial charge in [-0.1, -0.05) is 0 Å². The van der Waals surface area contributed by atoms with Gasteiger partial charge < -0.3 is 10.1 Å². The molecule has 1 saturated heterocycles. The zero-order valence-electron chi connectivity index (χ0n) is 9.01. The molecule has 1 N–H and O–H groups in total. The molecule has 1 heterocycles. The maximum atomic E-state index is 8.36. The summed E-state index contributed by atoms with van der Waals surface area (Å²) in [6.07, 6.45) is 4.97. The van der Waals surface area contributed by atoms with E-state index in [1.807, 2.05) is 0 Å². The van der Waals surface area contributed by atoms with Crippen molar-refractivity contribution in [1.29, 1.82) is 5.26 Å². The lowest BCUT2D eigenvalue weighted by molar-refractivity contribution is -0.0476. The molecular weight excluding hydrogens is 176 g/mol. The molecule has 1 rings (SSSR count). The summed E-state index contributed by atoms with van der Waals surface area (Å²) in [6.45, 7) is 5.04. The molecule has 1 atom stereocenters. The Morgan fingerprint density at radius 2 is 2.36 bits per heavy atom. The molecule has 0 aromatic heterocycles. The second-order valence-corrected chi connectivity index (χ2v) is 4.19. The van der Waals surface area contributed by atoms with E-state index in [9.17, 15) is 0 Å². The fourth-order valence-corrected chi connectivity index (χ4v) is 1.78. The molecule has 0 aromatic rings. The quantitative estimate of drug-likeness (QED) is 0.682. The first-order valence-corrected chi connectivity index (χ1v) is 5.48. The Labute approximate surface area is 86.4 Å². The van der Waals surface area contributed by atoms with E-state index in [0.717, 1.165) is 39.0 Å². The van der Waals surface area contributed by atoms with E-state index in [4.69, 9.17) is 10.00 Å². The minimum absolute atomic E-state index is 0.0326. The zero-order chi connectivity index (χ0) is 10.3. The minimum atomic E-state index is 0.0326. The van der Waals surface area contributed by atoms with Crippen molar-refractivity contribution in [2.24, 2.45) is 0 Å². The highest BCUT2D eigenvalue weighted by molar-refractivity contribution is 4.82. The van der Waals surface area contributed by atoms with Crippen LogP contribution in [0.2, 0.25) is 0 Å². The average molecular weight is 196 g/mol. The van der Waals surface area contributed by atoms with Crippen LogP contribution in [0, 0.1) is 11.3 Å². The van der Waals surface area contributed by atoms with E-state index >= 15 is 0 Å². The predicted octanol–water partition coefficient (Wildman–Crippen LogP) is 1.84. The first-order chi connectivity index (χ1) is 6.77. The van der Waals surface area contributed by atoms with E-state index in [1.54, 1.807) is 0 Å². The van der Waals surface area contributed by atoms with Crippen molar-refractivity contribution in [1.82, 2.24) is 5.32 Å². The molecule has 0 aliphatic carbocycles. The SMILES string of the molecule is CC1(OCCCCC#N)CCCNC1. The Bertz CT molecular complexity index is 192. The summed E-state index contributed by atoms with van der Waals surface area (Å²) in [5, 5.41) is 11.7. The monoisotopic (exact) mass is 196 g/mol. The summed E-state index contributed by atoms with van der Waals surface area (Å²) in [6, 6.07) is 2.15. The third-order valence-corrected chi connectivity index (χ3v) is 2.69. The number of nitrogens with zero attached hydrogens (tertiary/aromatic N) is 1. The second kappa shape index (κ2) is 6.00. The van der Waals surface area contributed by atoms with E-state index in [2.05, 4.69) is 18.3 Å². The van der Waals surface area contributed by atoms with Crippen molar-refractivity contribution in [3.63, 3.8) is 0 Å². The van der Waals surface area contributed by atoms with Crippen LogP contribution in [0.4, 0.5) is 0 Å². The van der Waals surface area contributed by atoms with Gasteiger partial charge in [0.1, 0.15) is 0 Å². The van der Waals surface area contributed by atoms with Crippen molar-refractivity contribution in [2.45, 2.75) is 44.6 Å². The third-order valence-electron chi connectivity index (χ3n) is 2.69. The number of hydrogen-bond donors (Lipinski definition) is 1. The number of nitrogens with one attached hydrogen (secondary N) is 1. The second-order valence-electron chi connectivity index (χ2n) is 4.19. The van der Waals surface area contributed by atoms with Crippen LogP contribution in [0.5, 0.6) is 0 Å². The fourth-order valence-electron chi connectivity index (χ4n) is 1.78. The summed E-state index contributed by atoms with van der Waals surface area (Å²) in [5.74, 6) is 0. The van der Waals surface area contributed by atoms with Gasteiger partial charge in [0.05, 0.1) is 11.7 Å². The van der Waals surface area contributed by atoms with Crippen LogP contribution in [0.3, 0.4) is 0 Å². The van der Waals surface area contributed by atoms with Crippen molar-refractivity contribution in [3.05, 3.63) is 0 Å². The summed E-state index contributed by atoms with van der Waals surface area (Å²) in [5.41, 5.74) is 0.0326. The number of unbranched alkanes of at least 4 members (excludes halogenated alkanes) is 2. The predicted molar refractivity (Wildman–Crippen MR) is 55.9 cm³/mol. The molecule has 3 nitrogen and oxygen atoms in total. The van der Waals surface area contributed by atoms with Crippen LogP contribution >= 0.6 is 0 Å². The molecular formula is C11H20N2O. The number of rotatable bonds is 5.